The van der Waals surface area contributed by atoms with Gasteiger partial charge in [0, 0.05) is 11.8 Å². The van der Waals surface area contributed by atoms with E-state index in [-0.39, 0.29) is 10.6 Å². The Kier molecular flexibility index (Phi) is 3.71. The van der Waals surface area contributed by atoms with Crippen molar-refractivity contribution in [3.8, 4) is 5.75 Å². The highest BCUT2D eigenvalue weighted by Crippen LogP contribution is 2.26. The molecule has 106 valence electrons. The lowest BCUT2D eigenvalue weighted by atomic mass is 10.2. The fourth-order valence-corrected chi connectivity index (χ4v) is 2.70. The minimum atomic E-state index is -3.70. The van der Waals surface area contributed by atoms with Crippen molar-refractivity contribution in [2.45, 2.75) is 4.90 Å². The molecule has 0 bridgehead atoms. The van der Waals surface area contributed by atoms with E-state index in [0.29, 0.717) is 17.1 Å². The Morgan fingerprint density at radius 1 is 1.05 bits per heavy atom. The SMILES string of the molecule is COc1ccc(NS(=O)(=O)c2ccc(N)cc2)c(N)c1. The van der Waals surface area contributed by atoms with Gasteiger partial charge < -0.3 is 16.2 Å². The molecule has 2 rings (SSSR count). The van der Waals surface area contributed by atoms with Crippen molar-refractivity contribution in [2.24, 2.45) is 0 Å². The van der Waals surface area contributed by atoms with Crippen molar-refractivity contribution in [1.82, 2.24) is 0 Å². The van der Waals surface area contributed by atoms with E-state index in [4.69, 9.17) is 16.2 Å². The van der Waals surface area contributed by atoms with Crippen LogP contribution in [-0.2, 0) is 10.0 Å². The second kappa shape index (κ2) is 5.30. The molecule has 0 fully saturated rings. The predicted molar refractivity (Wildman–Crippen MR) is 79.1 cm³/mol. The zero-order valence-electron chi connectivity index (χ0n) is 10.8. The van der Waals surface area contributed by atoms with Crippen LogP contribution >= 0.6 is 0 Å². The van der Waals surface area contributed by atoms with Crippen molar-refractivity contribution in [2.75, 3.05) is 23.3 Å². The molecule has 2 aromatic carbocycles. The smallest absolute Gasteiger partial charge is 0.261 e. The summed E-state index contributed by atoms with van der Waals surface area (Å²) >= 11 is 0. The van der Waals surface area contributed by atoms with Gasteiger partial charge in [-0.05, 0) is 36.4 Å². The first-order valence-corrected chi connectivity index (χ1v) is 7.22. The van der Waals surface area contributed by atoms with Crippen molar-refractivity contribution in [3.63, 3.8) is 0 Å². The summed E-state index contributed by atoms with van der Waals surface area (Å²) in [6.45, 7) is 0. The van der Waals surface area contributed by atoms with Gasteiger partial charge >= 0.3 is 0 Å². The monoisotopic (exact) mass is 293 g/mol. The third-order valence-electron chi connectivity index (χ3n) is 2.69. The number of hydrogen-bond acceptors (Lipinski definition) is 5. The number of ether oxygens (including phenoxy) is 1. The van der Waals surface area contributed by atoms with E-state index in [1.807, 2.05) is 0 Å². The summed E-state index contributed by atoms with van der Waals surface area (Å²) < 4.78 is 31.8. The summed E-state index contributed by atoms with van der Waals surface area (Å²) in [5, 5.41) is 0. The Hall–Kier alpha value is -2.41. The van der Waals surface area contributed by atoms with E-state index in [0.717, 1.165) is 0 Å². The summed E-state index contributed by atoms with van der Waals surface area (Å²) in [4.78, 5) is 0.113. The number of sulfonamides is 1. The predicted octanol–water partition coefficient (Wildman–Crippen LogP) is 1.66. The van der Waals surface area contributed by atoms with Crippen LogP contribution in [0.3, 0.4) is 0 Å². The topological polar surface area (TPSA) is 107 Å². The average molecular weight is 293 g/mol. The molecule has 0 aliphatic rings. The Bertz CT molecular complexity index is 712. The van der Waals surface area contributed by atoms with E-state index < -0.39 is 10.0 Å². The van der Waals surface area contributed by atoms with Gasteiger partial charge in [-0.1, -0.05) is 0 Å². The minimum absolute atomic E-state index is 0.113. The summed E-state index contributed by atoms with van der Waals surface area (Å²) in [6.07, 6.45) is 0. The molecule has 6 nitrogen and oxygen atoms in total. The first kappa shape index (κ1) is 14.0. The number of rotatable bonds is 4. The van der Waals surface area contributed by atoms with Gasteiger partial charge in [-0.3, -0.25) is 4.72 Å². The molecule has 0 aromatic heterocycles. The van der Waals surface area contributed by atoms with Crippen molar-refractivity contribution < 1.29 is 13.2 Å². The number of nitrogen functional groups attached to an aromatic ring is 2. The normalized spacial score (nSPS) is 11.1. The second-order valence-corrected chi connectivity index (χ2v) is 5.81. The van der Waals surface area contributed by atoms with Crippen molar-refractivity contribution >= 4 is 27.1 Å². The highest BCUT2D eigenvalue weighted by atomic mass is 32.2. The molecule has 0 saturated carbocycles. The summed E-state index contributed by atoms with van der Waals surface area (Å²) in [6, 6.07) is 10.6. The maximum atomic E-state index is 12.2. The zero-order chi connectivity index (χ0) is 14.8. The van der Waals surface area contributed by atoms with Crippen LogP contribution in [0.5, 0.6) is 5.75 Å². The van der Waals surface area contributed by atoms with Crippen molar-refractivity contribution in [3.05, 3.63) is 42.5 Å². The first-order valence-electron chi connectivity index (χ1n) is 5.74. The Morgan fingerprint density at radius 2 is 1.70 bits per heavy atom. The molecule has 0 radical (unpaired) electrons. The van der Waals surface area contributed by atoms with Crippen molar-refractivity contribution in [1.29, 1.82) is 0 Å². The fraction of sp³-hybridized carbons (Fsp3) is 0.0769. The van der Waals surface area contributed by atoms with E-state index in [1.165, 1.54) is 31.4 Å². The lowest BCUT2D eigenvalue weighted by Gasteiger charge is -2.11. The third kappa shape index (κ3) is 2.94. The molecular formula is C13H15N3O3S. The molecule has 0 unspecified atom stereocenters. The largest absolute Gasteiger partial charge is 0.497 e. The van der Waals surface area contributed by atoms with Crippen LogP contribution in [0.25, 0.3) is 0 Å². The van der Waals surface area contributed by atoms with Gasteiger partial charge in [0.1, 0.15) is 5.75 Å². The van der Waals surface area contributed by atoms with Gasteiger partial charge in [0.25, 0.3) is 10.0 Å². The molecule has 0 heterocycles. The molecule has 0 aliphatic carbocycles. The van der Waals surface area contributed by atoms with E-state index in [1.54, 1.807) is 18.2 Å². The van der Waals surface area contributed by atoms with Gasteiger partial charge in [0.2, 0.25) is 0 Å². The highest BCUT2D eigenvalue weighted by molar-refractivity contribution is 7.92. The van der Waals surface area contributed by atoms with Crippen LogP contribution in [0.1, 0.15) is 0 Å². The second-order valence-electron chi connectivity index (χ2n) is 4.13. The fourth-order valence-electron chi connectivity index (χ4n) is 1.61. The minimum Gasteiger partial charge on any atom is -0.497 e. The van der Waals surface area contributed by atoms with E-state index >= 15 is 0 Å². The molecular weight excluding hydrogens is 278 g/mol. The summed E-state index contributed by atoms with van der Waals surface area (Å²) in [5.41, 5.74) is 12.4. The maximum Gasteiger partial charge on any atom is 0.261 e. The highest BCUT2D eigenvalue weighted by Gasteiger charge is 2.15. The number of benzene rings is 2. The van der Waals surface area contributed by atoms with Gasteiger partial charge in [0.05, 0.1) is 23.4 Å². The van der Waals surface area contributed by atoms with Crippen LogP contribution in [0.2, 0.25) is 0 Å². The molecule has 20 heavy (non-hydrogen) atoms. The summed E-state index contributed by atoms with van der Waals surface area (Å²) in [5.74, 6) is 0.554. The average Bonchev–Trinajstić information content (AvgIpc) is 2.41. The molecule has 0 atom stereocenters. The van der Waals surface area contributed by atoms with E-state index in [2.05, 4.69) is 4.72 Å². The van der Waals surface area contributed by atoms with Crippen LogP contribution in [-0.4, -0.2) is 15.5 Å². The zero-order valence-corrected chi connectivity index (χ0v) is 11.6. The molecule has 7 heteroatoms. The quantitative estimate of drug-likeness (QED) is 0.743. The maximum absolute atomic E-state index is 12.2. The van der Waals surface area contributed by atoms with Gasteiger partial charge in [-0.25, -0.2) is 8.42 Å². The Labute approximate surface area is 117 Å². The van der Waals surface area contributed by atoms with Crippen LogP contribution < -0.4 is 20.9 Å². The molecule has 0 spiro atoms. The van der Waals surface area contributed by atoms with Gasteiger partial charge in [-0.15, -0.1) is 0 Å². The third-order valence-corrected chi connectivity index (χ3v) is 4.07. The first-order chi connectivity index (χ1) is 9.42. The standard InChI is InChI=1S/C13H15N3O3S/c1-19-10-4-7-13(12(15)8-10)16-20(17,18)11-5-2-9(14)3-6-11/h2-8,16H,14-15H2,1H3. The number of nitrogens with one attached hydrogen (secondary N) is 1. The lowest BCUT2D eigenvalue weighted by molar-refractivity contribution is 0.415. The molecule has 5 N–H and O–H groups in total. The lowest BCUT2D eigenvalue weighted by Crippen LogP contribution is -2.14. The Morgan fingerprint density at radius 3 is 2.25 bits per heavy atom. The van der Waals surface area contributed by atoms with Crippen LogP contribution in [0.4, 0.5) is 17.1 Å². The Balaban J connectivity index is 2.31. The van der Waals surface area contributed by atoms with E-state index in [9.17, 15) is 8.42 Å². The molecule has 2 aromatic rings. The molecule has 0 saturated heterocycles. The number of hydrogen-bond donors (Lipinski definition) is 3. The summed E-state index contributed by atoms with van der Waals surface area (Å²) in [7, 11) is -2.19. The molecule has 0 amide bonds. The van der Waals surface area contributed by atoms with Crippen LogP contribution in [0.15, 0.2) is 47.4 Å². The number of nitrogens with two attached hydrogens (primary N) is 2. The molecule has 0 aliphatic heterocycles. The number of methoxy groups -OCH3 is 1. The number of anilines is 3. The van der Waals surface area contributed by atoms with Crippen LogP contribution in [0, 0.1) is 0 Å². The van der Waals surface area contributed by atoms with Gasteiger partial charge in [0.15, 0.2) is 0 Å². The van der Waals surface area contributed by atoms with Gasteiger partial charge in [-0.2, -0.15) is 0 Å².